The molecule has 0 spiro atoms. The number of aliphatic carboxylic acids is 1. The lowest BCUT2D eigenvalue weighted by Gasteiger charge is -2.41. The average Bonchev–Trinajstić information content (AvgIpc) is 2.27. The van der Waals surface area contributed by atoms with Gasteiger partial charge in [0.2, 0.25) is 0 Å². The van der Waals surface area contributed by atoms with E-state index in [0.29, 0.717) is 19.5 Å². The number of rotatable bonds is 2. The van der Waals surface area contributed by atoms with Gasteiger partial charge in [-0.1, -0.05) is 0 Å². The third-order valence-corrected chi connectivity index (χ3v) is 3.92. The molecule has 1 saturated heterocycles. The van der Waals surface area contributed by atoms with Crippen LogP contribution in [0.5, 0.6) is 0 Å². The van der Waals surface area contributed by atoms with Crippen LogP contribution in [-0.4, -0.2) is 40.6 Å². The second kappa shape index (κ2) is 4.55. The molecule has 2 amide bonds. The molecule has 5 nitrogen and oxygen atoms in total. The molecule has 0 bridgehead atoms. The molecule has 0 unspecified atom stereocenters. The van der Waals surface area contributed by atoms with Crippen molar-refractivity contribution in [2.24, 2.45) is 5.92 Å². The van der Waals surface area contributed by atoms with Gasteiger partial charge in [0.15, 0.2) is 0 Å². The van der Waals surface area contributed by atoms with Gasteiger partial charge in [-0.3, -0.25) is 4.79 Å². The molecule has 1 saturated carbocycles. The van der Waals surface area contributed by atoms with Crippen LogP contribution in [0.25, 0.3) is 0 Å². The number of likely N-dealkylation sites (tertiary alicyclic amines) is 1. The zero-order valence-corrected chi connectivity index (χ0v) is 10.2. The van der Waals surface area contributed by atoms with E-state index in [2.05, 4.69) is 5.32 Å². The third kappa shape index (κ3) is 2.70. The first-order chi connectivity index (χ1) is 8.00. The molecule has 5 heteroatoms. The fourth-order valence-electron chi connectivity index (χ4n) is 2.53. The first-order valence-electron chi connectivity index (χ1n) is 6.30. The molecule has 2 rings (SSSR count). The summed E-state index contributed by atoms with van der Waals surface area (Å²) < 4.78 is 0. The Morgan fingerprint density at radius 1 is 1.35 bits per heavy atom. The highest BCUT2D eigenvalue weighted by Gasteiger charge is 2.36. The van der Waals surface area contributed by atoms with Crippen LogP contribution in [0.1, 0.15) is 39.0 Å². The predicted molar refractivity (Wildman–Crippen MR) is 62.7 cm³/mol. The number of hydrogen-bond donors (Lipinski definition) is 2. The molecule has 1 heterocycles. The molecular weight excluding hydrogens is 220 g/mol. The minimum atomic E-state index is -0.794. The first kappa shape index (κ1) is 12.2. The van der Waals surface area contributed by atoms with E-state index in [0.717, 1.165) is 25.7 Å². The molecule has 0 radical (unpaired) electrons. The lowest BCUT2D eigenvalue weighted by Crippen LogP contribution is -2.57. The van der Waals surface area contributed by atoms with Gasteiger partial charge in [0.05, 0.1) is 5.92 Å². The van der Waals surface area contributed by atoms with Gasteiger partial charge in [-0.2, -0.15) is 0 Å². The van der Waals surface area contributed by atoms with E-state index in [1.807, 2.05) is 6.92 Å². The fraction of sp³-hybridized carbons (Fsp3) is 0.833. The molecule has 2 aliphatic rings. The van der Waals surface area contributed by atoms with E-state index in [-0.39, 0.29) is 11.6 Å². The van der Waals surface area contributed by atoms with E-state index in [4.69, 9.17) is 5.11 Å². The predicted octanol–water partition coefficient (Wildman–Crippen LogP) is 1.44. The number of carboxylic acids is 1. The number of nitrogens with one attached hydrogen (secondary N) is 1. The van der Waals surface area contributed by atoms with Gasteiger partial charge >= 0.3 is 12.0 Å². The number of amides is 2. The van der Waals surface area contributed by atoms with E-state index in [9.17, 15) is 9.59 Å². The maximum atomic E-state index is 12.0. The van der Waals surface area contributed by atoms with E-state index in [1.54, 1.807) is 4.90 Å². The molecular formula is C12H20N2O3. The topological polar surface area (TPSA) is 69.6 Å². The molecule has 17 heavy (non-hydrogen) atoms. The van der Waals surface area contributed by atoms with Crippen molar-refractivity contribution in [3.05, 3.63) is 0 Å². The Morgan fingerprint density at radius 2 is 2.06 bits per heavy atom. The number of urea groups is 1. The molecule has 0 aromatic rings. The van der Waals surface area contributed by atoms with Crippen molar-refractivity contribution in [2.45, 2.75) is 44.6 Å². The summed E-state index contributed by atoms with van der Waals surface area (Å²) in [4.78, 5) is 24.6. The Bertz CT molecular complexity index is 326. The largest absolute Gasteiger partial charge is 0.481 e. The summed E-state index contributed by atoms with van der Waals surface area (Å²) in [6.07, 6.45) is 4.66. The molecule has 96 valence electrons. The highest BCUT2D eigenvalue weighted by Crippen LogP contribution is 2.31. The van der Waals surface area contributed by atoms with Gasteiger partial charge in [0.25, 0.3) is 0 Å². The summed E-state index contributed by atoms with van der Waals surface area (Å²) in [5.41, 5.74) is -0.0623. The van der Waals surface area contributed by atoms with Crippen molar-refractivity contribution >= 4 is 12.0 Å². The standard InChI is InChI=1S/C12H20N2O3/c1-12(5-3-6-12)13-11(17)14-7-2-4-9(8-14)10(15)16/h9H,2-8H2,1H3,(H,13,17)(H,15,16)/t9-/m1/s1. The number of piperidine rings is 1. The number of carbonyl (C=O) groups is 2. The van der Waals surface area contributed by atoms with Gasteiger partial charge < -0.3 is 15.3 Å². The van der Waals surface area contributed by atoms with Crippen LogP contribution in [0.3, 0.4) is 0 Å². The first-order valence-corrected chi connectivity index (χ1v) is 6.30. The van der Waals surface area contributed by atoms with Crippen LogP contribution in [0.15, 0.2) is 0 Å². The quantitative estimate of drug-likeness (QED) is 0.767. The molecule has 0 aromatic carbocycles. The monoisotopic (exact) mass is 240 g/mol. The van der Waals surface area contributed by atoms with E-state index >= 15 is 0 Å². The second-order valence-electron chi connectivity index (χ2n) is 5.47. The van der Waals surface area contributed by atoms with Crippen LogP contribution in [0, 0.1) is 5.92 Å². The van der Waals surface area contributed by atoms with Crippen LogP contribution < -0.4 is 5.32 Å². The van der Waals surface area contributed by atoms with Gasteiger partial charge in [-0.25, -0.2) is 4.79 Å². The summed E-state index contributed by atoms with van der Waals surface area (Å²) in [7, 11) is 0. The molecule has 1 aliphatic carbocycles. The molecule has 1 atom stereocenters. The lowest BCUT2D eigenvalue weighted by molar-refractivity contribution is -0.143. The Labute approximate surface area is 101 Å². The number of hydrogen-bond acceptors (Lipinski definition) is 2. The maximum absolute atomic E-state index is 12.0. The van der Waals surface area contributed by atoms with Crippen LogP contribution in [0.4, 0.5) is 4.79 Å². The second-order valence-corrected chi connectivity index (χ2v) is 5.47. The Hall–Kier alpha value is -1.26. The van der Waals surface area contributed by atoms with Crippen LogP contribution >= 0.6 is 0 Å². The Kier molecular flexibility index (Phi) is 3.26. The van der Waals surface area contributed by atoms with Crippen molar-refractivity contribution in [1.29, 1.82) is 0 Å². The van der Waals surface area contributed by atoms with Gasteiger partial charge in [0.1, 0.15) is 0 Å². The summed E-state index contributed by atoms with van der Waals surface area (Å²) >= 11 is 0. The zero-order chi connectivity index (χ0) is 12.5. The number of carboxylic acid groups (broad SMARTS) is 1. The smallest absolute Gasteiger partial charge is 0.317 e. The summed E-state index contributed by atoms with van der Waals surface area (Å²) in [6, 6.07) is -0.0989. The van der Waals surface area contributed by atoms with Crippen molar-refractivity contribution in [3.8, 4) is 0 Å². The fourth-order valence-corrected chi connectivity index (χ4v) is 2.53. The summed E-state index contributed by atoms with van der Waals surface area (Å²) in [6.45, 7) is 3.07. The Morgan fingerprint density at radius 3 is 2.59 bits per heavy atom. The summed E-state index contributed by atoms with van der Waals surface area (Å²) in [5, 5.41) is 12.0. The van der Waals surface area contributed by atoms with Gasteiger partial charge in [0, 0.05) is 18.6 Å². The van der Waals surface area contributed by atoms with E-state index < -0.39 is 11.9 Å². The van der Waals surface area contributed by atoms with Crippen molar-refractivity contribution in [1.82, 2.24) is 10.2 Å². The number of carbonyl (C=O) groups excluding carboxylic acids is 1. The van der Waals surface area contributed by atoms with Crippen LogP contribution in [0.2, 0.25) is 0 Å². The normalized spacial score (nSPS) is 27.1. The van der Waals surface area contributed by atoms with E-state index in [1.165, 1.54) is 0 Å². The summed E-state index contributed by atoms with van der Waals surface area (Å²) in [5.74, 6) is -1.19. The molecule has 0 aromatic heterocycles. The molecule has 2 N–H and O–H groups in total. The minimum Gasteiger partial charge on any atom is -0.481 e. The van der Waals surface area contributed by atoms with Crippen LogP contribution in [-0.2, 0) is 4.79 Å². The van der Waals surface area contributed by atoms with Crippen molar-refractivity contribution in [2.75, 3.05) is 13.1 Å². The SMILES string of the molecule is CC1(NC(=O)N2CCC[C@@H](C(=O)O)C2)CCC1. The maximum Gasteiger partial charge on any atom is 0.317 e. The average molecular weight is 240 g/mol. The lowest BCUT2D eigenvalue weighted by atomic mass is 9.79. The van der Waals surface area contributed by atoms with Crippen molar-refractivity contribution < 1.29 is 14.7 Å². The third-order valence-electron chi connectivity index (χ3n) is 3.92. The number of nitrogens with zero attached hydrogens (tertiary/aromatic N) is 1. The Balaban J connectivity index is 1.88. The van der Waals surface area contributed by atoms with Gasteiger partial charge in [-0.15, -0.1) is 0 Å². The highest BCUT2D eigenvalue weighted by molar-refractivity contribution is 5.77. The highest BCUT2D eigenvalue weighted by atomic mass is 16.4. The molecule has 2 fully saturated rings. The molecule has 1 aliphatic heterocycles. The van der Waals surface area contributed by atoms with Crippen molar-refractivity contribution in [3.63, 3.8) is 0 Å². The zero-order valence-electron chi connectivity index (χ0n) is 10.2. The minimum absolute atomic E-state index is 0.0623. The van der Waals surface area contributed by atoms with Gasteiger partial charge in [-0.05, 0) is 39.0 Å².